The molecule has 0 atom stereocenters. The Morgan fingerprint density at radius 1 is 1.50 bits per heavy atom. The van der Waals surface area contributed by atoms with E-state index in [0.717, 1.165) is 35.3 Å². The van der Waals surface area contributed by atoms with Gasteiger partial charge >= 0.3 is 6.71 Å². The molecule has 0 spiro atoms. The zero-order valence-corrected chi connectivity index (χ0v) is 12.5. The third-order valence-corrected chi connectivity index (χ3v) is 4.87. The van der Waals surface area contributed by atoms with Crippen molar-refractivity contribution < 1.29 is 4.79 Å². The highest BCUT2D eigenvalue weighted by molar-refractivity contribution is 7.13. The van der Waals surface area contributed by atoms with Gasteiger partial charge in [-0.2, -0.15) is 5.10 Å². The smallest absolute Gasteiger partial charge is 0.298 e. The Morgan fingerprint density at radius 2 is 2.36 bits per heavy atom. The lowest BCUT2D eigenvalue weighted by Gasteiger charge is -2.09. The number of aromatic nitrogens is 3. The van der Waals surface area contributed by atoms with Crippen LogP contribution in [-0.2, 0) is 0 Å². The van der Waals surface area contributed by atoms with Crippen molar-refractivity contribution in [2.24, 2.45) is 0 Å². The quantitative estimate of drug-likeness (QED) is 0.547. The van der Waals surface area contributed by atoms with Gasteiger partial charge in [0.1, 0.15) is 0 Å². The van der Waals surface area contributed by atoms with E-state index in [1.807, 2.05) is 23.6 Å². The predicted octanol–water partition coefficient (Wildman–Crippen LogP) is 2.20. The van der Waals surface area contributed by atoms with Crippen LogP contribution in [0.4, 0.5) is 0 Å². The molecule has 0 N–H and O–H groups in total. The highest BCUT2D eigenvalue weighted by Crippen LogP contribution is 2.39. The SMILES string of the molecule is N#CB(c1cc(-c2cccs2)nc2c(C=O)cnn12)C1CC1. The zero-order valence-electron chi connectivity index (χ0n) is 11.6. The maximum Gasteiger partial charge on any atom is 0.325 e. The van der Waals surface area contributed by atoms with Crippen molar-refractivity contribution in [3.05, 3.63) is 35.3 Å². The summed E-state index contributed by atoms with van der Waals surface area (Å²) in [5.74, 6) is 2.78. The molecule has 1 aliphatic rings. The number of thiophene rings is 1. The second-order valence-corrected chi connectivity index (χ2v) is 6.39. The monoisotopic (exact) mass is 306 g/mol. The summed E-state index contributed by atoms with van der Waals surface area (Å²) in [6.07, 6.45) is 4.41. The Bertz CT molecular complexity index is 892. The Labute approximate surface area is 131 Å². The highest BCUT2D eigenvalue weighted by atomic mass is 32.1. The molecule has 1 aliphatic carbocycles. The van der Waals surface area contributed by atoms with Crippen molar-refractivity contribution in [1.82, 2.24) is 14.6 Å². The molecule has 4 rings (SSSR count). The third-order valence-electron chi connectivity index (χ3n) is 3.98. The number of carbonyl (C=O) groups excluding carboxylic acids is 1. The summed E-state index contributed by atoms with van der Waals surface area (Å²) < 4.78 is 1.65. The lowest BCUT2D eigenvalue weighted by molar-refractivity contribution is 0.112. The van der Waals surface area contributed by atoms with E-state index in [0.29, 0.717) is 17.0 Å². The number of nitrogens with zero attached hydrogens (tertiary/aromatic N) is 4. The average Bonchev–Trinajstić information content (AvgIpc) is 3.07. The Kier molecular flexibility index (Phi) is 3.05. The molecule has 3 aromatic heterocycles. The number of nitriles is 1. The van der Waals surface area contributed by atoms with Gasteiger partial charge < -0.3 is 0 Å². The fourth-order valence-corrected chi connectivity index (χ4v) is 3.39. The summed E-state index contributed by atoms with van der Waals surface area (Å²) in [4.78, 5) is 16.8. The molecule has 1 saturated carbocycles. The van der Waals surface area contributed by atoms with Crippen LogP contribution < -0.4 is 5.59 Å². The first-order chi connectivity index (χ1) is 10.8. The summed E-state index contributed by atoms with van der Waals surface area (Å²) >= 11 is 1.59. The van der Waals surface area contributed by atoms with Crippen molar-refractivity contribution >= 4 is 35.6 Å². The van der Waals surface area contributed by atoms with Gasteiger partial charge in [-0.3, -0.25) is 4.79 Å². The zero-order chi connectivity index (χ0) is 15.1. The molecule has 106 valence electrons. The van der Waals surface area contributed by atoms with Crippen LogP contribution in [0.15, 0.2) is 29.8 Å². The number of carbonyl (C=O) groups is 1. The van der Waals surface area contributed by atoms with Crippen LogP contribution in [0, 0.1) is 11.2 Å². The van der Waals surface area contributed by atoms with E-state index in [-0.39, 0.29) is 6.71 Å². The summed E-state index contributed by atoms with van der Waals surface area (Å²) in [5, 5.41) is 15.8. The molecule has 0 aliphatic heterocycles. The molecular weight excluding hydrogens is 295 g/mol. The van der Waals surface area contributed by atoms with Gasteiger partial charge in [-0.15, -0.1) is 11.3 Å². The number of hydrogen-bond donors (Lipinski definition) is 0. The van der Waals surface area contributed by atoms with Gasteiger partial charge in [0, 0.05) is 11.6 Å². The molecule has 0 bridgehead atoms. The third kappa shape index (κ3) is 2.04. The fraction of sp³-hybridized carbons (Fsp3) is 0.200. The van der Waals surface area contributed by atoms with E-state index in [4.69, 9.17) is 0 Å². The van der Waals surface area contributed by atoms with Crippen LogP contribution in [0.3, 0.4) is 0 Å². The molecule has 3 heterocycles. The molecule has 0 unspecified atom stereocenters. The van der Waals surface area contributed by atoms with Gasteiger partial charge in [-0.1, -0.05) is 18.9 Å². The topological polar surface area (TPSA) is 71.0 Å². The maximum absolute atomic E-state index is 11.2. The first kappa shape index (κ1) is 13.2. The largest absolute Gasteiger partial charge is 0.325 e. The highest BCUT2D eigenvalue weighted by Gasteiger charge is 2.38. The normalized spacial score (nSPS) is 14.0. The van der Waals surface area contributed by atoms with E-state index in [1.165, 1.54) is 6.20 Å². The van der Waals surface area contributed by atoms with Gasteiger partial charge in [0.2, 0.25) is 0 Å². The first-order valence-corrected chi connectivity index (χ1v) is 7.97. The first-order valence-electron chi connectivity index (χ1n) is 7.09. The van der Waals surface area contributed by atoms with Gasteiger partial charge in [-0.05, 0) is 23.3 Å². The van der Waals surface area contributed by atoms with Gasteiger partial charge in [0.05, 0.1) is 22.3 Å². The minimum absolute atomic E-state index is 0.205. The fourth-order valence-electron chi connectivity index (χ4n) is 2.70. The van der Waals surface area contributed by atoms with Crippen molar-refractivity contribution in [1.29, 1.82) is 5.26 Å². The second-order valence-electron chi connectivity index (χ2n) is 5.44. The van der Waals surface area contributed by atoms with E-state index >= 15 is 0 Å². The van der Waals surface area contributed by atoms with Crippen molar-refractivity contribution in [2.75, 3.05) is 0 Å². The Balaban J connectivity index is 1.99. The van der Waals surface area contributed by atoms with Crippen molar-refractivity contribution in [3.63, 3.8) is 0 Å². The Hall–Kier alpha value is -2.46. The number of fused-ring (bicyclic) bond motifs is 1. The number of aldehydes is 1. The summed E-state index contributed by atoms with van der Waals surface area (Å²) in [5.41, 5.74) is 2.59. The molecule has 7 heteroatoms. The molecule has 1 fully saturated rings. The molecule has 0 amide bonds. The predicted molar refractivity (Wildman–Crippen MR) is 85.7 cm³/mol. The Morgan fingerprint density at radius 3 is 3.00 bits per heavy atom. The molecular formula is C15H11BN4OS. The average molecular weight is 306 g/mol. The minimum atomic E-state index is -0.205. The lowest BCUT2D eigenvalue weighted by Crippen LogP contribution is -2.36. The van der Waals surface area contributed by atoms with Crippen LogP contribution in [0.2, 0.25) is 5.82 Å². The minimum Gasteiger partial charge on any atom is -0.298 e. The van der Waals surface area contributed by atoms with Crippen molar-refractivity contribution in [2.45, 2.75) is 18.7 Å². The number of hydrogen-bond acceptors (Lipinski definition) is 5. The van der Waals surface area contributed by atoms with E-state index in [1.54, 1.807) is 15.9 Å². The van der Waals surface area contributed by atoms with Crippen LogP contribution in [0.25, 0.3) is 16.2 Å². The van der Waals surface area contributed by atoms with Crippen LogP contribution in [0.5, 0.6) is 0 Å². The molecule has 5 nitrogen and oxygen atoms in total. The summed E-state index contributed by atoms with van der Waals surface area (Å²) in [6, 6.07) is 5.89. The molecule has 22 heavy (non-hydrogen) atoms. The number of rotatable bonds is 4. The van der Waals surface area contributed by atoms with Crippen molar-refractivity contribution in [3.8, 4) is 16.5 Å². The summed E-state index contributed by atoms with van der Waals surface area (Å²) in [6.45, 7) is -0.205. The molecule has 0 saturated heterocycles. The van der Waals surface area contributed by atoms with E-state index in [2.05, 4.69) is 16.1 Å². The standard InChI is InChI=1S/C15H11BN4OS/c17-9-16(11-3-4-11)14-6-12(13-2-1-5-22-13)19-15-10(8-21)7-18-20(14)15/h1-2,5-8,11H,3-4H2. The lowest BCUT2D eigenvalue weighted by atomic mass is 9.44. The van der Waals surface area contributed by atoms with Crippen LogP contribution >= 0.6 is 11.3 Å². The summed E-state index contributed by atoms with van der Waals surface area (Å²) in [7, 11) is 0. The van der Waals surface area contributed by atoms with Crippen LogP contribution in [-0.4, -0.2) is 27.6 Å². The molecule has 0 aromatic carbocycles. The van der Waals surface area contributed by atoms with Crippen LogP contribution in [0.1, 0.15) is 23.2 Å². The second kappa shape index (κ2) is 5.07. The van der Waals surface area contributed by atoms with Gasteiger partial charge in [-0.25, -0.2) is 14.8 Å². The van der Waals surface area contributed by atoms with Gasteiger partial charge in [0.15, 0.2) is 11.9 Å². The maximum atomic E-state index is 11.2. The van der Waals surface area contributed by atoms with Gasteiger partial charge in [0.25, 0.3) is 0 Å². The van der Waals surface area contributed by atoms with E-state index in [9.17, 15) is 10.1 Å². The van der Waals surface area contributed by atoms with E-state index < -0.39 is 0 Å². The molecule has 0 radical (unpaired) electrons. The molecule has 3 aromatic rings.